The molecule has 2 N–H and O–H groups in total. The number of fused-ring (bicyclic) bond motifs is 1. The van der Waals surface area contributed by atoms with Crippen molar-refractivity contribution in [1.82, 2.24) is 24.8 Å². The van der Waals surface area contributed by atoms with Crippen molar-refractivity contribution in [3.05, 3.63) is 60.4 Å². The van der Waals surface area contributed by atoms with Gasteiger partial charge in [0.2, 0.25) is 0 Å². The van der Waals surface area contributed by atoms with Gasteiger partial charge in [-0.2, -0.15) is 8.42 Å². The van der Waals surface area contributed by atoms with E-state index in [0.717, 1.165) is 45.2 Å². The van der Waals surface area contributed by atoms with Crippen LogP contribution < -0.4 is 18.9 Å². The number of H-pyrrole nitrogens is 1. The molecule has 2 aromatic carbocycles. The first-order valence-corrected chi connectivity index (χ1v) is 14.7. The number of nitrogens with one attached hydrogen (secondary N) is 2. The van der Waals surface area contributed by atoms with Crippen LogP contribution in [0.3, 0.4) is 0 Å². The fourth-order valence-electron chi connectivity index (χ4n) is 4.54. The molecule has 0 unspecified atom stereocenters. The van der Waals surface area contributed by atoms with Crippen LogP contribution in [0.15, 0.2) is 53.8 Å². The Bertz CT molecular complexity index is 1620. The Morgan fingerprint density at radius 3 is 2.54 bits per heavy atom. The summed E-state index contributed by atoms with van der Waals surface area (Å²) in [4.78, 5) is 15.7. The highest BCUT2D eigenvalue weighted by atomic mass is 32.2. The Morgan fingerprint density at radius 2 is 1.83 bits per heavy atom. The number of hydrogen-bond donors (Lipinski definition) is 2. The van der Waals surface area contributed by atoms with Crippen LogP contribution in [0, 0.1) is 12.7 Å². The number of anilines is 1. The number of nitrogens with zero attached hydrogens (tertiary/aromatic N) is 4. The first kappa shape index (κ1) is 28.6. The van der Waals surface area contributed by atoms with Crippen LogP contribution in [0.25, 0.3) is 10.9 Å². The highest BCUT2D eigenvalue weighted by Crippen LogP contribution is 2.38. The number of rotatable bonds is 11. The predicted octanol–water partition coefficient (Wildman–Crippen LogP) is 4.02. The summed E-state index contributed by atoms with van der Waals surface area (Å²) in [5.74, 6) is 1.05. The largest absolute Gasteiger partial charge is 0.493 e. The van der Waals surface area contributed by atoms with Gasteiger partial charge in [0.25, 0.3) is 10.0 Å². The number of hydrogen-bond acceptors (Lipinski definition) is 9. The lowest BCUT2D eigenvalue weighted by Gasteiger charge is -2.32. The first-order chi connectivity index (χ1) is 19.7. The van der Waals surface area contributed by atoms with Crippen molar-refractivity contribution in [2.45, 2.75) is 18.4 Å². The number of piperazine rings is 1. The van der Waals surface area contributed by atoms with Crippen molar-refractivity contribution in [2.75, 3.05) is 58.2 Å². The van der Waals surface area contributed by atoms with Crippen LogP contribution in [0.5, 0.6) is 23.0 Å². The topological polar surface area (TPSA) is 122 Å². The van der Waals surface area contributed by atoms with Crippen LogP contribution in [-0.2, 0) is 10.0 Å². The van der Waals surface area contributed by atoms with E-state index in [1.165, 1.54) is 18.3 Å². The average Bonchev–Trinajstić information content (AvgIpc) is 3.40. The van der Waals surface area contributed by atoms with Crippen molar-refractivity contribution < 1.29 is 27.0 Å². The molecule has 1 saturated heterocycles. The van der Waals surface area contributed by atoms with Gasteiger partial charge in [-0.15, -0.1) is 0 Å². The van der Waals surface area contributed by atoms with Gasteiger partial charge in [0.1, 0.15) is 11.6 Å². The Morgan fingerprint density at radius 1 is 1.02 bits per heavy atom. The van der Waals surface area contributed by atoms with Crippen molar-refractivity contribution in [3.8, 4) is 23.0 Å². The molecule has 0 atom stereocenters. The summed E-state index contributed by atoms with van der Waals surface area (Å²) in [7, 11) is -0.257. The van der Waals surface area contributed by atoms with Gasteiger partial charge in [-0.25, -0.2) is 9.37 Å². The molecular formula is C28H33FN6O5S. The smallest absolute Gasteiger partial charge is 0.278 e. The highest BCUT2D eigenvalue weighted by Gasteiger charge is 2.19. The molecule has 0 saturated carbocycles. The van der Waals surface area contributed by atoms with E-state index in [4.69, 9.17) is 14.2 Å². The second-order valence-corrected chi connectivity index (χ2v) is 11.5. The minimum atomic E-state index is -3.95. The van der Waals surface area contributed by atoms with Crippen molar-refractivity contribution in [2.24, 2.45) is 0 Å². The molecule has 13 heteroatoms. The van der Waals surface area contributed by atoms with Crippen LogP contribution in [0.2, 0.25) is 0 Å². The van der Waals surface area contributed by atoms with E-state index in [1.807, 2.05) is 0 Å². The Kier molecular flexibility index (Phi) is 8.57. The molecule has 1 fully saturated rings. The molecule has 11 nitrogen and oxygen atoms in total. The zero-order chi connectivity index (χ0) is 29.0. The number of aromatic nitrogens is 3. The molecule has 0 spiro atoms. The lowest BCUT2D eigenvalue weighted by molar-refractivity contribution is 0.145. The lowest BCUT2D eigenvalue weighted by atomic mass is 10.1. The summed E-state index contributed by atoms with van der Waals surface area (Å²) in [5.41, 5.74) is 0.634. The van der Waals surface area contributed by atoms with Crippen LogP contribution >= 0.6 is 0 Å². The molecule has 3 heterocycles. The van der Waals surface area contributed by atoms with E-state index >= 15 is 4.39 Å². The lowest BCUT2D eigenvalue weighted by Crippen LogP contribution is -2.44. The molecule has 218 valence electrons. The van der Waals surface area contributed by atoms with Gasteiger partial charge in [-0.1, -0.05) is 0 Å². The third-order valence-corrected chi connectivity index (χ3v) is 8.12. The number of ether oxygens (including phenoxy) is 3. The van der Waals surface area contributed by atoms with Crippen LogP contribution in [-0.4, -0.2) is 86.7 Å². The number of benzene rings is 2. The van der Waals surface area contributed by atoms with Crippen molar-refractivity contribution >= 4 is 26.6 Å². The van der Waals surface area contributed by atoms with E-state index in [1.54, 1.807) is 38.4 Å². The van der Waals surface area contributed by atoms with Crippen LogP contribution in [0.1, 0.15) is 12.2 Å². The number of pyridine rings is 1. The number of halogens is 1. The van der Waals surface area contributed by atoms with Gasteiger partial charge in [0, 0.05) is 56.4 Å². The monoisotopic (exact) mass is 584 g/mol. The first-order valence-electron chi connectivity index (χ1n) is 13.2. The van der Waals surface area contributed by atoms with Gasteiger partial charge in [0.05, 0.1) is 31.1 Å². The molecule has 0 amide bonds. The maximum atomic E-state index is 15.0. The number of sulfonamides is 1. The Labute approximate surface area is 238 Å². The number of aryl methyl sites for hydroxylation is 1. The zero-order valence-corrected chi connectivity index (χ0v) is 24.0. The molecule has 4 aromatic rings. The average molecular weight is 585 g/mol. The number of aromatic amines is 1. The third-order valence-electron chi connectivity index (χ3n) is 6.83. The maximum Gasteiger partial charge on any atom is 0.278 e. The summed E-state index contributed by atoms with van der Waals surface area (Å²) in [6.45, 7) is 7.41. The van der Waals surface area contributed by atoms with Gasteiger partial charge < -0.3 is 29.0 Å². The normalized spacial score (nSPS) is 14.7. The molecule has 0 aliphatic carbocycles. The molecular weight excluding hydrogens is 551 g/mol. The van der Waals surface area contributed by atoms with Gasteiger partial charge >= 0.3 is 0 Å². The molecule has 5 rings (SSSR count). The molecule has 1 aliphatic heterocycles. The fourth-order valence-corrected chi connectivity index (χ4v) is 5.56. The van der Waals surface area contributed by atoms with E-state index in [0.29, 0.717) is 40.6 Å². The van der Waals surface area contributed by atoms with E-state index in [-0.39, 0.29) is 16.5 Å². The number of likely N-dealkylation sites (N-methyl/N-ethyl adjacent to an activating group) is 1. The highest BCUT2D eigenvalue weighted by molar-refractivity contribution is 7.92. The molecule has 2 aromatic heterocycles. The quantitative estimate of drug-likeness (QED) is 0.252. The van der Waals surface area contributed by atoms with Gasteiger partial charge in [0.15, 0.2) is 28.1 Å². The molecule has 41 heavy (non-hydrogen) atoms. The summed E-state index contributed by atoms with van der Waals surface area (Å²) < 4.78 is 59.9. The standard InChI is InChI=1S/C28H33FN6O5S/c1-19-31-18-28(32-19)41(36,37)33-20-5-6-25(22(29)15-20)40-24-7-8-30-23-17-27(26(38-3)16-21(23)24)39-14-4-9-35-12-10-34(2)11-13-35/h5-8,15-18,33H,4,9-14H2,1-3H3,(H,31,32). The van der Waals surface area contributed by atoms with Crippen molar-refractivity contribution in [3.63, 3.8) is 0 Å². The summed E-state index contributed by atoms with van der Waals surface area (Å²) in [6, 6.07) is 8.97. The summed E-state index contributed by atoms with van der Waals surface area (Å²) in [5, 5.41) is 0.485. The van der Waals surface area contributed by atoms with Gasteiger partial charge in [-0.05, 0) is 44.7 Å². The zero-order valence-electron chi connectivity index (χ0n) is 23.2. The second-order valence-electron chi connectivity index (χ2n) is 9.86. The molecule has 0 bridgehead atoms. The summed E-state index contributed by atoms with van der Waals surface area (Å²) in [6.07, 6.45) is 3.64. The van der Waals surface area contributed by atoms with Crippen LogP contribution in [0.4, 0.5) is 10.1 Å². The van der Waals surface area contributed by atoms with E-state index in [2.05, 4.69) is 36.5 Å². The predicted molar refractivity (Wildman–Crippen MR) is 153 cm³/mol. The number of methoxy groups -OCH3 is 1. The molecule has 0 radical (unpaired) electrons. The second kappa shape index (κ2) is 12.3. The van der Waals surface area contributed by atoms with Crippen molar-refractivity contribution in [1.29, 1.82) is 0 Å². The minimum Gasteiger partial charge on any atom is -0.493 e. The Balaban J connectivity index is 1.27. The molecule has 1 aliphatic rings. The van der Waals surface area contributed by atoms with E-state index < -0.39 is 15.8 Å². The third kappa shape index (κ3) is 6.87. The van der Waals surface area contributed by atoms with E-state index in [9.17, 15) is 8.42 Å². The van der Waals surface area contributed by atoms with Gasteiger partial charge in [-0.3, -0.25) is 9.71 Å². The minimum absolute atomic E-state index is 0.0396. The Hall–Kier alpha value is -3.94. The SMILES string of the molecule is COc1cc2c(Oc3ccc(NS(=O)(=O)c4cnc(C)[nH]4)cc3F)ccnc2cc1OCCCN1CCN(C)CC1. The number of imidazole rings is 1. The maximum absolute atomic E-state index is 15.0. The fraction of sp³-hybridized carbons (Fsp3) is 0.357. The summed E-state index contributed by atoms with van der Waals surface area (Å²) >= 11 is 0.